The fraction of sp³-hybridized carbons (Fsp3) is 0.400. The van der Waals surface area contributed by atoms with Crippen molar-refractivity contribution in [3.8, 4) is 0 Å². The smallest absolute Gasteiger partial charge is 0.213 e. The van der Waals surface area contributed by atoms with Crippen LogP contribution in [0.2, 0.25) is 0 Å². The fourth-order valence-corrected chi connectivity index (χ4v) is 2.10. The van der Waals surface area contributed by atoms with Crippen molar-refractivity contribution in [2.45, 2.75) is 19.4 Å². The molecule has 0 spiro atoms. The van der Waals surface area contributed by atoms with Gasteiger partial charge in [-0.15, -0.1) is 11.3 Å². The van der Waals surface area contributed by atoms with Crippen LogP contribution in [0.1, 0.15) is 23.7 Å². The molecule has 0 amide bonds. The number of thiophene rings is 1. The lowest BCUT2D eigenvalue weighted by molar-refractivity contribution is 0.408. The molecule has 15 heavy (non-hydrogen) atoms. The summed E-state index contributed by atoms with van der Waals surface area (Å²) in [4.78, 5) is 5.31. The minimum absolute atomic E-state index is 0.386. The molecule has 0 aliphatic carbocycles. The maximum Gasteiger partial charge on any atom is 0.213 e. The van der Waals surface area contributed by atoms with Crippen LogP contribution in [0.3, 0.4) is 0 Å². The van der Waals surface area contributed by atoms with Gasteiger partial charge in [0.05, 0.1) is 0 Å². The van der Waals surface area contributed by atoms with E-state index in [1.54, 1.807) is 11.3 Å². The van der Waals surface area contributed by atoms with Crippen molar-refractivity contribution in [1.29, 1.82) is 0 Å². The van der Waals surface area contributed by atoms with Crippen molar-refractivity contribution >= 4 is 11.3 Å². The van der Waals surface area contributed by atoms with Crippen LogP contribution in [-0.2, 0) is 6.42 Å². The SMILES string of the molecule is CC(NCCc1ncon1)c1cccs1. The first kappa shape index (κ1) is 10.3. The molecule has 2 aromatic heterocycles. The van der Waals surface area contributed by atoms with Gasteiger partial charge in [0.25, 0.3) is 0 Å². The standard InChI is InChI=1S/C10H13N3OS/c1-8(9-3-2-6-15-9)11-5-4-10-12-7-14-13-10/h2-3,6-8,11H,4-5H2,1H3. The minimum Gasteiger partial charge on any atom is -0.343 e. The Morgan fingerprint density at radius 1 is 1.60 bits per heavy atom. The highest BCUT2D eigenvalue weighted by molar-refractivity contribution is 7.10. The first-order chi connectivity index (χ1) is 7.36. The van der Waals surface area contributed by atoms with Crippen molar-refractivity contribution in [3.05, 3.63) is 34.6 Å². The molecule has 0 aromatic carbocycles. The van der Waals surface area contributed by atoms with Gasteiger partial charge in [-0.2, -0.15) is 4.98 Å². The van der Waals surface area contributed by atoms with E-state index < -0.39 is 0 Å². The van der Waals surface area contributed by atoms with Gasteiger partial charge in [0, 0.05) is 23.9 Å². The molecule has 0 saturated carbocycles. The van der Waals surface area contributed by atoms with E-state index in [2.05, 4.69) is 44.4 Å². The third-order valence-electron chi connectivity index (χ3n) is 2.18. The number of hydrogen-bond acceptors (Lipinski definition) is 5. The Hall–Kier alpha value is -1.20. The second-order valence-corrected chi connectivity index (χ2v) is 4.27. The molecule has 4 nitrogen and oxygen atoms in total. The van der Waals surface area contributed by atoms with Crippen LogP contribution in [-0.4, -0.2) is 16.7 Å². The summed E-state index contributed by atoms with van der Waals surface area (Å²) < 4.78 is 4.66. The van der Waals surface area contributed by atoms with Gasteiger partial charge in [-0.25, -0.2) is 0 Å². The van der Waals surface area contributed by atoms with E-state index >= 15 is 0 Å². The summed E-state index contributed by atoms with van der Waals surface area (Å²) in [6.45, 7) is 3.01. The van der Waals surface area contributed by atoms with Crippen LogP contribution in [0, 0.1) is 0 Å². The van der Waals surface area contributed by atoms with Gasteiger partial charge >= 0.3 is 0 Å². The summed E-state index contributed by atoms with van der Waals surface area (Å²) in [5.74, 6) is 0.751. The Morgan fingerprint density at radius 3 is 3.20 bits per heavy atom. The van der Waals surface area contributed by atoms with Gasteiger partial charge in [-0.1, -0.05) is 11.2 Å². The van der Waals surface area contributed by atoms with Crippen LogP contribution in [0.15, 0.2) is 28.4 Å². The Bertz CT molecular complexity index is 371. The quantitative estimate of drug-likeness (QED) is 0.842. The molecular formula is C10H13N3OS. The van der Waals surface area contributed by atoms with Gasteiger partial charge in [-0.3, -0.25) is 0 Å². The summed E-state index contributed by atoms with van der Waals surface area (Å²) in [6.07, 6.45) is 2.16. The van der Waals surface area contributed by atoms with Crippen molar-refractivity contribution in [1.82, 2.24) is 15.5 Å². The van der Waals surface area contributed by atoms with Gasteiger partial charge in [0.1, 0.15) is 0 Å². The molecule has 0 aliphatic heterocycles. The molecule has 1 N–H and O–H groups in total. The normalized spacial score (nSPS) is 12.9. The fourth-order valence-electron chi connectivity index (χ4n) is 1.34. The van der Waals surface area contributed by atoms with Crippen molar-refractivity contribution < 1.29 is 4.52 Å². The molecule has 2 rings (SSSR count). The van der Waals surface area contributed by atoms with E-state index in [-0.39, 0.29) is 0 Å². The largest absolute Gasteiger partial charge is 0.343 e. The van der Waals surface area contributed by atoms with Crippen molar-refractivity contribution in [2.75, 3.05) is 6.54 Å². The lowest BCUT2D eigenvalue weighted by Gasteiger charge is -2.10. The highest BCUT2D eigenvalue weighted by Crippen LogP contribution is 2.17. The van der Waals surface area contributed by atoms with Crippen LogP contribution >= 0.6 is 11.3 Å². The predicted octanol–water partition coefficient (Wildman–Crippen LogP) is 2.02. The Morgan fingerprint density at radius 2 is 2.53 bits per heavy atom. The molecule has 0 saturated heterocycles. The average Bonchev–Trinajstić information content (AvgIpc) is 2.90. The molecule has 2 heterocycles. The molecule has 0 bridgehead atoms. The van der Waals surface area contributed by atoms with Crippen LogP contribution < -0.4 is 5.32 Å². The maximum atomic E-state index is 4.66. The maximum absolute atomic E-state index is 4.66. The topological polar surface area (TPSA) is 51.0 Å². The number of hydrogen-bond donors (Lipinski definition) is 1. The van der Waals surface area contributed by atoms with E-state index in [0.29, 0.717) is 6.04 Å². The second kappa shape index (κ2) is 5.04. The number of rotatable bonds is 5. The zero-order valence-electron chi connectivity index (χ0n) is 8.51. The molecular weight excluding hydrogens is 210 g/mol. The summed E-state index contributed by atoms with van der Waals surface area (Å²) in [7, 11) is 0. The zero-order valence-corrected chi connectivity index (χ0v) is 9.33. The van der Waals surface area contributed by atoms with Gasteiger partial charge in [0.2, 0.25) is 6.39 Å². The predicted molar refractivity (Wildman–Crippen MR) is 58.7 cm³/mol. The van der Waals surface area contributed by atoms with E-state index in [1.807, 2.05) is 0 Å². The van der Waals surface area contributed by atoms with Crippen LogP contribution in [0.5, 0.6) is 0 Å². The first-order valence-corrected chi connectivity index (χ1v) is 5.76. The molecule has 1 unspecified atom stereocenters. The van der Waals surface area contributed by atoms with Gasteiger partial charge in [0.15, 0.2) is 5.82 Å². The summed E-state index contributed by atoms with van der Waals surface area (Å²) >= 11 is 1.77. The third-order valence-corrected chi connectivity index (χ3v) is 3.23. The summed E-state index contributed by atoms with van der Waals surface area (Å²) in [5, 5.41) is 9.25. The Labute approximate surface area is 92.3 Å². The second-order valence-electron chi connectivity index (χ2n) is 3.29. The van der Waals surface area contributed by atoms with Crippen LogP contribution in [0.4, 0.5) is 0 Å². The molecule has 0 radical (unpaired) electrons. The first-order valence-electron chi connectivity index (χ1n) is 4.88. The molecule has 1 atom stereocenters. The lowest BCUT2D eigenvalue weighted by Crippen LogP contribution is -2.20. The van der Waals surface area contributed by atoms with Crippen LogP contribution in [0.25, 0.3) is 0 Å². The highest BCUT2D eigenvalue weighted by atomic mass is 32.1. The average molecular weight is 223 g/mol. The van der Waals surface area contributed by atoms with E-state index in [0.717, 1.165) is 18.8 Å². The molecule has 0 aliphatic rings. The van der Waals surface area contributed by atoms with E-state index in [4.69, 9.17) is 0 Å². The number of aromatic nitrogens is 2. The Balaban J connectivity index is 1.74. The minimum atomic E-state index is 0.386. The highest BCUT2D eigenvalue weighted by Gasteiger charge is 2.05. The monoisotopic (exact) mass is 223 g/mol. The van der Waals surface area contributed by atoms with E-state index in [9.17, 15) is 0 Å². The van der Waals surface area contributed by atoms with E-state index in [1.165, 1.54) is 11.3 Å². The molecule has 5 heteroatoms. The van der Waals surface area contributed by atoms with Gasteiger partial charge in [-0.05, 0) is 18.4 Å². The zero-order chi connectivity index (χ0) is 10.5. The lowest BCUT2D eigenvalue weighted by atomic mass is 10.2. The summed E-state index contributed by atoms with van der Waals surface area (Å²) in [6, 6.07) is 4.59. The number of nitrogens with one attached hydrogen (secondary N) is 1. The van der Waals surface area contributed by atoms with Crippen molar-refractivity contribution in [3.63, 3.8) is 0 Å². The molecule has 80 valence electrons. The van der Waals surface area contributed by atoms with Gasteiger partial charge < -0.3 is 9.84 Å². The summed E-state index contributed by atoms with van der Waals surface area (Å²) in [5.41, 5.74) is 0. The Kier molecular flexibility index (Phi) is 3.47. The third kappa shape index (κ3) is 2.87. The molecule has 2 aromatic rings. The van der Waals surface area contributed by atoms with Crippen molar-refractivity contribution in [2.24, 2.45) is 0 Å². The molecule has 0 fully saturated rings. The number of nitrogens with zero attached hydrogens (tertiary/aromatic N) is 2.